The monoisotopic (exact) mass is 313 g/mol. The Hall–Kier alpha value is -0.890. The summed E-state index contributed by atoms with van der Waals surface area (Å²) in [5.74, 6) is -4.25. The zero-order chi connectivity index (χ0) is 16.4. The van der Waals surface area contributed by atoms with E-state index >= 15 is 0 Å². The highest BCUT2D eigenvalue weighted by Gasteiger charge is 2.43. The quantitative estimate of drug-likeness (QED) is 0.798. The Kier molecular flexibility index (Phi) is 5.60. The second kappa shape index (κ2) is 6.48. The molecule has 0 radical (unpaired) electrons. The van der Waals surface area contributed by atoms with E-state index in [0.29, 0.717) is 0 Å². The number of carbonyl (C=O) groups excluding carboxylic acids is 1. The summed E-state index contributed by atoms with van der Waals surface area (Å²) >= 11 is 0. The van der Waals surface area contributed by atoms with Gasteiger partial charge in [-0.25, -0.2) is 8.78 Å². The predicted octanol–water partition coefficient (Wildman–Crippen LogP) is 1.40. The van der Waals surface area contributed by atoms with Crippen molar-refractivity contribution in [1.29, 1.82) is 0 Å². The van der Waals surface area contributed by atoms with Crippen LogP contribution in [0.15, 0.2) is 0 Å². The molecular weight excluding hydrogens is 290 g/mol. The topological polar surface area (TPSA) is 49.6 Å². The molecule has 0 bridgehead atoms. The maximum atomic E-state index is 13.0. The largest absolute Gasteiger partial charge is 0.339 e. The normalized spacial score (nSPS) is 20.0. The standard InChI is InChI=1S/C13H23F4N3O/c1-12(2,3)9(18)10(21)20-6-4-19(5-7-20)8-13(16,17)11(14)15/h9,11H,4-8,18H2,1-3H3/t9-/m1/s1. The Labute approximate surface area is 122 Å². The van der Waals surface area contributed by atoms with E-state index in [2.05, 4.69) is 0 Å². The Bertz CT molecular complexity index is 363. The highest BCUT2D eigenvalue weighted by Crippen LogP contribution is 2.25. The number of halogens is 4. The smallest absolute Gasteiger partial charge is 0.319 e. The molecule has 1 atom stereocenters. The first-order valence-electron chi connectivity index (χ1n) is 6.88. The molecule has 21 heavy (non-hydrogen) atoms. The van der Waals surface area contributed by atoms with Crippen molar-refractivity contribution in [2.45, 2.75) is 39.2 Å². The number of alkyl halides is 4. The van der Waals surface area contributed by atoms with Gasteiger partial charge >= 0.3 is 12.3 Å². The maximum Gasteiger partial charge on any atom is 0.319 e. The average molecular weight is 313 g/mol. The van der Waals surface area contributed by atoms with E-state index in [1.165, 1.54) is 9.80 Å². The molecule has 1 amide bonds. The van der Waals surface area contributed by atoms with Crippen LogP contribution in [0.5, 0.6) is 0 Å². The summed E-state index contributed by atoms with van der Waals surface area (Å²) in [6.07, 6.45) is -3.67. The Morgan fingerprint density at radius 3 is 2.00 bits per heavy atom. The second-order valence-corrected chi connectivity index (χ2v) is 6.51. The lowest BCUT2D eigenvalue weighted by atomic mass is 9.86. The summed E-state index contributed by atoms with van der Waals surface area (Å²) in [5.41, 5.74) is 5.49. The van der Waals surface area contributed by atoms with Crippen molar-refractivity contribution in [3.05, 3.63) is 0 Å². The van der Waals surface area contributed by atoms with Gasteiger partial charge in [-0.1, -0.05) is 20.8 Å². The second-order valence-electron chi connectivity index (χ2n) is 6.51. The summed E-state index contributed by atoms with van der Waals surface area (Å²) in [4.78, 5) is 14.9. The number of piperazine rings is 1. The lowest BCUT2D eigenvalue weighted by Gasteiger charge is -2.38. The van der Waals surface area contributed by atoms with Crippen LogP contribution < -0.4 is 5.73 Å². The van der Waals surface area contributed by atoms with Crippen molar-refractivity contribution in [3.63, 3.8) is 0 Å². The summed E-state index contributed by atoms with van der Waals surface area (Å²) < 4.78 is 50.3. The fourth-order valence-corrected chi connectivity index (χ4v) is 2.06. The van der Waals surface area contributed by atoms with Crippen molar-refractivity contribution in [1.82, 2.24) is 9.80 Å². The minimum absolute atomic E-state index is 0.144. The minimum atomic E-state index is -4.02. The number of nitrogens with two attached hydrogens (primary N) is 1. The zero-order valence-corrected chi connectivity index (χ0v) is 12.6. The van der Waals surface area contributed by atoms with E-state index in [-0.39, 0.29) is 32.1 Å². The van der Waals surface area contributed by atoms with E-state index in [4.69, 9.17) is 5.73 Å². The minimum Gasteiger partial charge on any atom is -0.339 e. The lowest BCUT2D eigenvalue weighted by molar-refractivity contribution is -0.149. The van der Waals surface area contributed by atoms with E-state index < -0.39 is 30.3 Å². The number of hydrogen-bond acceptors (Lipinski definition) is 3. The molecule has 1 aliphatic heterocycles. The third kappa shape index (κ3) is 4.81. The molecule has 0 saturated carbocycles. The van der Waals surface area contributed by atoms with E-state index in [9.17, 15) is 22.4 Å². The highest BCUT2D eigenvalue weighted by atomic mass is 19.3. The van der Waals surface area contributed by atoms with Crippen molar-refractivity contribution in [2.75, 3.05) is 32.7 Å². The number of hydrogen-bond donors (Lipinski definition) is 1. The number of nitrogens with zero attached hydrogens (tertiary/aromatic N) is 2. The van der Waals surface area contributed by atoms with Crippen molar-refractivity contribution < 1.29 is 22.4 Å². The maximum absolute atomic E-state index is 13.0. The molecule has 0 aromatic carbocycles. The molecule has 1 aliphatic rings. The van der Waals surface area contributed by atoms with Gasteiger partial charge in [-0.2, -0.15) is 8.78 Å². The number of amides is 1. The third-order valence-electron chi connectivity index (χ3n) is 3.64. The molecule has 124 valence electrons. The molecule has 0 spiro atoms. The summed E-state index contributed by atoms with van der Waals surface area (Å²) in [6.45, 7) is 5.27. The molecule has 8 heteroatoms. The van der Waals surface area contributed by atoms with Gasteiger partial charge in [0.05, 0.1) is 12.6 Å². The van der Waals surface area contributed by atoms with Crippen LogP contribution in [0.4, 0.5) is 17.6 Å². The molecule has 1 heterocycles. The molecule has 0 aromatic rings. The lowest BCUT2D eigenvalue weighted by Crippen LogP contribution is -2.57. The van der Waals surface area contributed by atoms with Crippen LogP contribution in [-0.4, -0.2) is 66.8 Å². The summed E-state index contributed by atoms with van der Waals surface area (Å²) in [6, 6.07) is -0.674. The first-order valence-corrected chi connectivity index (χ1v) is 6.88. The average Bonchev–Trinajstić information content (AvgIpc) is 2.36. The van der Waals surface area contributed by atoms with E-state index in [1.54, 1.807) is 0 Å². The van der Waals surface area contributed by atoms with Gasteiger partial charge in [-0.3, -0.25) is 9.69 Å². The SMILES string of the molecule is CC(C)(C)[C@H](N)C(=O)N1CCN(CC(F)(F)C(F)F)CC1. The fraction of sp³-hybridized carbons (Fsp3) is 0.923. The van der Waals surface area contributed by atoms with Crippen LogP contribution in [0.2, 0.25) is 0 Å². The predicted molar refractivity (Wildman–Crippen MR) is 71.4 cm³/mol. The molecule has 1 rings (SSSR count). The highest BCUT2D eigenvalue weighted by molar-refractivity contribution is 5.82. The van der Waals surface area contributed by atoms with Gasteiger partial charge in [-0.05, 0) is 5.41 Å². The van der Waals surface area contributed by atoms with Gasteiger partial charge < -0.3 is 10.6 Å². The summed E-state index contributed by atoms with van der Waals surface area (Å²) in [5, 5.41) is 0. The number of carbonyl (C=O) groups is 1. The molecular formula is C13H23F4N3O. The Morgan fingerprint density at radius 1 is 1.14 bits per heavy atom. The van der Waals surface area contributed by atoms with Gasteiger partial charge in [0.2, 0.25) is 5.91 Å². The van der Waals surface area contributed by atoms with Crippen LogP contribution in [0.1, 0.15) is 20.8 Å². The molecule has 1 fully saturated rings. The first-order chi connectivity index (χ1) is 9.45. The molecule has 4 nitrogen and oxygen atoms in total. The zero-order valence-electron chi connectivity index (χ0n) is 12.6. The Balaban J connectivity index is 2.51. The Morgan fingerprint density at radius 2 is 1.62 bits per heavy atom. The van der Waals surface area contributed by atoms with Crippen LogP contribution in [-0.2, 0) is 4.79 Å². The molecule has 2 N–H and O–H groups in total. The molecule has 0 aromatic heterocycles. The molecule has 0 unspecified atom stereocenters. The van der Waals surface area contributed by atoms with Gasteiger partial charge in [0.15, 0.2) is 0 Å². The third-order valence-corrected chi connectivity index (χ3v) is 3.64. The number of rotatable bonds is 4. The van der Waals surface area contributed by atoms with Crippen LogP contribution in [0, 0.1) is 5.41 Å². The van der Waals surface area contributed by atoms with Gasteiger partial charge in [-0.15, -0.1) is 0 Å². The van der Waals surface area contributed by atoms with Crippen LogP contribution in [0.3, 0.4) is 0 Å². The van der Waals surface area contributed by atoms with Crippen molar-refractivity contribution >= 4 is 5.91 Å². The van der Waals surface area contributed by atoms with Gasteiger partial charge in [0, 0.05) is 26.2 Å². The fourth-order valence-electron chi connectivity index (χ4n) is 2.06. The van der Waals surface area contributed by atoms with Crippen LogP contribution in [0.25, 0.3) is 0 Å². The first kappa shape index (κ1) is 18.2. The molecule has 0 aliphatic carbocycles. The van der Waals surface area contributed by atoms with E-state index in [0.717, 1.165) is 0 Å². The van der Waals surface area contributed by atoms with E-state index in [1.807, 2.05) is 20.8 Å². The van der Waals surface area contributed by atoms with Crippen molar-refractivity contribution in [2.24, 2.45) is 11.1 Å². The summed E-state index contributed by atoms with van der Waals surface area (Å²) in [7, 11) is 0. The van der Waals surface area contributed by atoms with Crippen LogP contribution >= 0.6 is 0 Å². The van der Waals surface area contributed by atoms with Crippen molar-refractivity contribution in [3.8, 4) is 0 Å². The molecule has 1 saturated heterocycles. The van der Waals surface area contributed by atoms with Gasteiger partial charge in [0.1, 0.15) is 0 Å². The van der Waals surface area contributed by atoms with Gasteiger partial charge in [0.25, 0.3) is 0 Å².